The van der Waals surface area contributed by atoms with Crippen molar-refractivity contribution in [3.63, 3.8) is 0 Å². The molecule has 0 spiro atoms. The lowest BCUT2D eigenvalue weighted by molar-refractivity contribution is 0.422. The Morgan fingerprint density at radius 1 is 1.09 bits per heavy atom. The number of fused-ring (bicyclic) bond motifs is 1. The average Bonchev–Trinajstić information content (AvgIpc) is 3.43. The summed E-state index contributed by atoms with van der Waals surface area (Å²) in [6, 6.07) is 16.4. The molecule has 4 aromatic rings. The lowest BCUT2D eigenvalue weighted by atomic mass is 10.1. The number of nitrogens with one attached hydrogen (secondary N) is 2. The Bertz CT molecular complexity index is 1220. The van der Waals surface area contributed by atoms with E-state index in [9.17, 15) is 0 Å². The van der Waals surface area contributed by atoms with Gasteiger partial charge in [-0.15, -0.1) is 0 Å². The van der Waals surface area contributed by atoms with Crippen molar-refractivity contribution in [3.05, 3.63) is 65.7 Å². The fourth-order valence-corrected chi connectivity index (χ4v) is 3.84. The molecule has 0 atom stereocenters. The van der Waals surface area contributed by atoms with Gasteiger partial charge in [0.15, 0.2) is 11.8 Å². The van der Waals surface area contributed by atoms with Crippen LogP contribution in [0.15, 0.2) is 58.0 Å². The minimum absolute atomic E-state index is 0.560. The second-order valence-corrected chi connectivity index (χ2v) is 7.97. The summed E-state index contributed by atoms with van der Waals surface area (Å²) in [6.45, 7) is 6.52. The van der Waals surface area contributed by atoms with Crippen LogP contribution >= 0.6 is 0 Å². The van der Waals surface area contributed by atoms with Gasteiger partial charge in [-0.05, 0) is 49.6 Å². The van der Waals surface area contributed by atoms with Crippen molar-refractivity contribution in [2.75, 3.05) is 13.6 Å². The van der Waals surface area contributed by atoms with E-state index in [0.29, 0.717) is 12.4 Å². The van der Waals surface area contributed by atoms with Crippen LogP contribution in [-0.4, -0.2) is 39.2 Å². The van der Waals surface area contributed by atoms with Gasteiger partial charge in [0.25, 0.3) is 5.89 Å². The number of nitrogens with zero attached hydrogens (tertiary/aromatic N) is 5. The third-order valence-corrected chi connectivity index (χ3v) is 5.50. The zero-order chi connectivity index (χ0) is 23.0. The third-order valence-electron chi connectivity index (χ3n) is 5.50. The summed E-state index contributed by atoms with van der Waals surface area (Å²) < 4.78 is 7.68. The van der Waals surface area contributed by atoms with E-state index in [2.05, 4.69) is 79.5 Å². The SMILES string of the molecule is CCCc1noc(-c2cccc(CNC(=NC)NCCCn3c(C)nc4ccccc43)c2)n1. The number of hydrogen-bond donors (Lipinski definition) is 2. The van der Waals surface area contributed by atoms with E-state index in [-0.39, 0.29) is 0 Å². The zero-order valence-electron chi connectivity index (χ0n) is 19.5. The molecule has 2 N–H and O–H groups in total. The van der Waals surface area contributed by atoms with Gasteiger partial charge in [-0.2, -0.15) is 4.98 Å². The highest BCUT2D eigenvalue weighted by atomic mass is 16.5. The quantitative estimate of drug-likeness (QED) is 0.229. The highest BCUT2D eigenvalue weighted by molar-refractivity contribution is 5.79. The summed E-state index contributed by atoms with van der Waals surface area (Å²) >= 11 is 0. The summed E-state index contributed by atoms with van der Waals surface area (Å²) in [6.07, 6.45) is 2.78. The Morgan fingerprint density at radius 2 is 1.97 bits per heavy atom. The van der Waals surface area contributed by atoms with Crippen molar-refractivity contribution in [1.29, 1.82) is 0 Å². The molecule has 33 heavy (non-hydrogen) atoms. The minimum atomic E-state index is 0.560. The number of hydrogen-bond acceptors (Lipinski definition) is 5. The zero-order valence-corrected chi connectivity index (χ0v) is 19.5. The number of aryl methyl sites for hydroxylation is 3. The Hall–Kier alpha value is -3.68. The topological polar surface area (TPSA) is 93.2 Å². The van der Waals surface area contributed by atoms with Crippen molar-refractivity contribution < 1.29 is 4.52 Å². The van der Waals surface area contributed by atoms with E-state index in [1.807, 2.05) is 18.2 Å². The maximum absolute atomic E-state index is 5.41. The summed E-state index contributed by atoms with van der Waals surface area (Å²) in [5, 5.41) is 10.8. The van der Waals surface area contributed by atoms with Crippen LogP contribution in [0.2, 0.25) is 0 Å². The Labute approximate surface area is 194 Å². The first-order chi connectivity index (χ1) is 16.2. The van der Waals surface area contributed by atoms with Crippen LogP contribution in [0.1, 0.15) is 37.0 Å². The monoisotopic (exact) mass is 445 g/mol. The number of imidazole rings is 1. The number of aromatic nitrogens is 4. The molecule has 2 heterocycles. The number of para-hydroxylation sites is 2. The van der Waals surface area contributed by atoms with Crippen molar-refractivity contribution in [2.45, 2.75) is 46.2 Å². The van der Waals surface area contributed by atoms with Crippen LogP contribution in [0.4, 0.5) is 0 Å². The van der Waals surface area contributed by atoms with Crippen molar-refractivity contribution >= 4 is 17.0 Å². The number of benzene rings is 2. The average molecular weight is 446 g/mol. The van der Waals surface area contributed by atoms with E-state index < -0.39 is 0 Å². The predicted octanol–water partition coefficient (Wildman–Crippen LogP) is 4.10. The molecule has 2 aromatic heterocycles. The molecule has 8 nitrogen and oxygen atoms in total. The standard InChI is InChI=1S/C25H31N7O/c1-4-9-23-30-24(33-31-23)20-11-7-10-19(16-20)17-28-25(26-3)27-14-8-15-32-18(2)29-21-12-5-6-13-22(21)32/h5-7,10-13,16H,4,8-9,14-15,17H2,1-3H3,(H2,26,27,28). The molecule has 2 aromatic carbocycles. The van der Waals surface area contributed by atoms with E-state index >= 15 is 0 Å². The fraction of sp³-hybridized carbons (Fsp3) is 0.360. The van der Waals surface area contributed by atoms with E-state index in [0.717, 1.165) is 66.6 Å². The van der Waals surface area contributed by atoms with Crippen LogP contribution in [0.3, 0.4) is 0 Å². The van der Waals surface area contributed by atoms with E-state index in [4.69, 9.17) is 4.52 Å². The lowest BCUT2D eigenvalue weighted by Crippen LogP contribution is -2.37. The van der Waals surface area contributed by atoms with Crippen LogP contribution < -0.4 is 10.6 Å². The summed E-state index contributed by atoms with van der Waals surface area (Å²) in [4.78, 5) is 13.5. The maximum Gasteiger partial charge on any atom is 0.257 e. The molecule has 0 unspecified atom stereocenters. The Balaban J connectivity index is 1.27. The van der Waals surface area contributed by atoms with Crippen molar-refractivity contribution in [1.82, 2.24) is 30.3 Å². The molecule has 0 saturated heterocycles. The summed E-state index contributed by atoms with van der Waals surface area (Å²) in [5.41, 5.74) is 4.27. The second kappa shape index (κ2) is 10.8. The highest BCUT2D eigenvalue weighted by Gasteiger charge is 2.09. The normalized spacial score (nSPS) is 11.8. The molecule has 0 aliphatic rings. The molecule has 0 amide bonds. The van der Waals surface area contributed by atoms with Gasteiger partial charge in [0.2, 0.25) is 0 Å². The number of guanidine groups is 1. The third kappa shape index (κ3) is 5.58. The lowest BCUT2D eigenvalue weighted by Gasteiger charge is -2.13. The fourth-order valence-electron chi connectivity index (χ4n) is 3.84. The van der Waals surface area contributed by atoms with E-state index in [1.54, 1.807) is 7.05 Å². The molecular formula is C25H31N7O. The molecule has 0 aliphatic heterocycles. The van der Waals surface area contributed by atoms with Crippen molar-refractivity contribution in [2.24, 2.45) is 4.99 Å². The van der Waals surface area contributed by atoms with Crippen molar-refractivity contribution in [3.8, 4) is 11.5 Å². The van der Waals surface area contributed by atoms with Gasteiger partial charge in [-0.1, -0.05) is 36.3 Å². The van der Waals surface area contributed by atoms with Gasteiger partial charge in [0.05, 0.1) is 11.0 Å². The summed E-state index contributed by atoms with van der Waals surface area (Å²) in [5.74, 6) is 3.13. The molecule has 8 heteroatoms. The molecule has 0 radical (unpaired) electrons. The highest BCUT2D eigenvalue weighted by Crippen LogP contribution is 2.19. The molecule has 0 fully saturated rings. The molecule has 0 saturated carbocycles. The van der Waals surface area contributed by atoms with Gasteiger partial charge >= 0.3 is 0 Å². The van der Waals surface area contributed by atoms with Crippen LogP contribution in [0.5, 0.6) is 0 Å². The molecular weight excluding hydrogens is 414 g/mol. The first-order valence-corrected chi connectivity index (χ1v) is 11.5. The second-order valence-electron chi connectivity index (χ2n) is 7.97. The van der Waals surface area contributed by atoms with Gasteiger partial charge < -0.3 is 19.7 Å². The van der Waals surface area contributed by atoms with Gasteiger partial charge in [0.1, 0.15) is 5.82 Å². The number of rotatable bonds is 9. The van der Waals surface area contributed by atoms with Crippen LogP contribution in [-0.2, 0) is 19.5 Å². The smallest absolute Gasteiger partial charge is 0.257 e. The first-order valence-electron chi connectivity index (χ1n) is 11.5. The summed E-state index contributed by atoms with van der Waals surface area (Å²) in [7, 11) is 1.78. The molecule has 4 rings (SSSR count). The predicted molar refractivity (Wildman–Crippen MR) is 131 cm³/mol. The van der Waals surface area contributed by atoms with Gasteiger partial charge in [0, 0.05) is 38.7 Å². The Kier molecular flexibility index (Phi) is 7.34. The Morgan fingerprint density at radius 3 is 2.82 bits per heavy atom. The van der Waals surface area contributed by atoms with Gasteiger partial charge in [-0.25, -0.2) is 4.98 Å². The maximum atomic E-state index is 5.41. The van der Waals surface area contributed by atoms with Gasteiger partial charge in [-0.3, -0.25) is 4.99 Å². The minimum Gasteiger partial charge on any atom is -0.356 e. The van der Waals surface area contributed by atoms with Crippen LogP contribution in [0.25, 0.3) is 22.5 Å². The first kappa shape index (κ1) is 22.5. The number of aliphatic imine (C=N–C) groups is 1. The molecule has 0 bridgehead atoms. The van der Waals surface area contributed by atoms with E-state index in [1.165, 1.54) is 5.52 Å². The molecule has 172 valence electrons. The van der Waals surface area contributed by atoms with Crippen LogP contribution in [0, 0.1) is 6.92 Å². The molecule has 0 aliphatic carbocycles. The largest absolute Gasteiger partial charge is 0.356 e.